The number of benzene rings is 2. The van der Waals surface area contributed by atoms with Crippen LogP contribution in [0, 0.1) is 0 Å². The number of aromatic hydroxyl groups is 2. The number of nitrogens with one attached hydrogen (secondary N) is 1. The quantitative estimate of drug-likeness (QED) is 0.474. The van der Waals surface area contributed by atoms with E-state index in [1.807, 2.05) is 6.07 Å². The van der Waals surface area contributed by atoms with Gasteiger partial charge in [0.05, 0.1) is 13.6 Å². The number of phenolic OH excluding ortho intramolecular Hbond substituents is 2. The standard InChI is InChI=1S/C17H17NO2.ClH.H2O/c1-18-8-7-10-3-2-4-12-15(10)13(18)9-11-5-6-14(19)17(20)16(11)12;;/h2-6,13,19-20H,7-9H2,1H3;1H;1H2/t13-;;/m0../s1. The first-order chi connectivity index (χ1) is 9.66. The number of hydrogen-bond acceptors (Lipinski definition) is 2. The molecule has 5 heteroatoms. The van der Waals surface area contributed by atoms with E-state index in [0.717, 1.165) is 36.1 Å². The maximum Gasteiger partial charge on any atom is 0.165 e. The van der Waals surface area contributed by atoms with Crippen molar-refractivity contribution in [2.75, 3.05) is 13.6 Å². The fourth-order valence-corrected chi connectivity index (χ4v) is 3.80. The Morgan fingerprint density at radius 2 is 1.86 bits per heavy atom. The molecule has 0 radical (unpaired) electrons. The first-order valence-corrected chi connectivity index (χ1v) is 7.15. The van der Waals surface area contributed by atoms with Crippen LogP contribution in [0.4, 0.5) is 0 Å². The molecule has 0 fully saturated rings. The molecular formula is C17H20ClNO3. The molecule has 2 aromatic carbocycles. The highest BCUT2D eigenvalue weighted by Crippen LogP contribution is 2.47. The van der Waals surface area contributed by atoms with Gasteiger partial charge in [-0.25, -0.2) is 0 Å². The Bertz CT molecular complexity index is 717. The van der Waals surface area contributed by atoms with E-state index < -0.39 is 0 Å². The van der Waals surface area contributed by atoms with E-state index in [4.69, 9.17) is 0 Å². The molecule has 22 heavy (non-hydrogen) atoms. The van der Waals surface area contributed by atoms with Crippen LogP contribution in [-0.4, -0.2) is 29.3 Å². The van der Waals surface area contributed by atoms with Crippen molar-refractivity contribution in [1.29, 1.82) is 0 Å². The Hall–Kier alpha value is -1.75. The molecular weight excluding hydrogens is 302 g/mol. The van der Waals surface area contributed by atoms with Crippen molar-refractivity contribution in [2.24, 2.45) is 0 Å². The Labute approximate surface area is 135 Å². The van der Waals surface area contributed by atoms with Crippen LogP contribution in [0.2, 0.25) is 0 Å². The van der Waals surface area contributed by atoms with Crippen LogP contribution in [-0.2, 0) is 12.8 Å². The van der Waals surface area contributed by atoms with Crippen molar-refractivity contribution in [3.63, 3.8) is 0 Å². The van der Waals surface area contributed by atoms with E-state index in [1.54, 1.807) is 6.07 Å². The second-order valence-electron chi connectivity index (χ2n) is 5.95. The van der Waals surface area contributed by atoms with Crippen LogP contribution >= 0.6 is 0 Å². The van der Waals surface area contributed by atoms with Gasteiger partial charge in [-0.1, -0.05) is 24.3 Å². The van der Waals surface area contributed by atoms with E-state index in [1.165, 1.54) is 16.0 Å². The smallest absolute Gasteiger partial charge is 0.165 e. The number of likely N-dealkylation sites (N-methyl/N-ethyl adjacent to an activating group) is 1. The number of halogens is 1. The summed E-state index contributed by atoms with van der Waals surface area (Å²) in [5.41, 5.74) is 5.82. The summed E-state index contributed by atoms with van der Waals surface area (Å²) in [7, 11) is 2.25. The SMILES string of the molecule is C[NH+]1CCc2cccc3c2[C@@H]1Cc1ccc(O)c(O)c1-3.O.[Cl-]. The van der Waals surface area contributed by atoms with E-state index in [9.17, 15) is 10.2 Å². The molecule has 1 heterocycles. The predicted octanol–water partition coefficient (Wildman–Crippen LogP) is -2.39. The summed E-state index contributed by atoms with van der Waals surface area (Å²) in [6.07, 6.45) is 2.01. The molecule has 4 nitrogen and oxygen atoms in total. The second kappa shape index (κ2) is 5.80. The Morgan fingerprint density at radius 1 is 1.09 bits per heavy atom. The normalized spacial score (nSPS) is 21.0. The summed E-state index contributed by atoms with van der Waals surface area (Å²) in [6.45, 7) is 1.15. The van der Waals surface area contributed by atoms with Crippen LogP contribution in [0.1, 0.15) is 22.7 Å². The highest BCUT2D eigenvalue weighted by Gasteiger charge is 2.36. The van der Waals surface area contributed by atoms with Gasteiger partial charge < -0.3 is 33.0 Å². The molecule has 0 spiro atoms. The van der Waals surface area contributed by atoms with Crippen molar-refractivity contribution in [1.82, 2.24) is 0 Å². The summed E-state index contributed by atoms with van der Waals surface area (Å²) in [5.74, 6) is -0.00566. The lowest BCUT2D eigenvalue weighted by atomic mass is 9.77. The molecule has 0 saturated carbocycles. The van der Waals surface area contributed by atoms with Gasteiger partial charge in [-0.05, 0) is 22.8 Å². The number of quaternary nitrogens is 1. The molecule has 5 N–H and O–H groups in total. The summed E-state index contributed by atoms with van der Waals surface area (Å²) < 4.78 is 0. The van der Waals surface area contributed by atoms with Gasteiger partial charge in [0.2, 0.25) is 0 Å². The predicted molar refractivity (Wildman–Crippen MR) is 80.7 cm³/mol. The molecule has 0 aromatic heterocycles. The minimum atomic E-state index is -0.0312. The fraction of sp³-hybridized carbons (Fsp3) is 0.294. The van der Waals surface area contributed by atoms with Gasteiger partial charge in [0.25, 0.3) is 0 Å². The molecule has 0 saturated heterocycles. The molecule has 118 valence electrons. The largest absolute Gasteiger partial charge is 1.00 e. The lowest BCUT2D eigenvalue weighted by Crippen LogP contribution is -3.10. The third kappa shape index (κ3) is 2.15. The average molecular weight is 322 g/mol. The van der Waals surface area contributed by atoms with Crippen LogP contribution < -0.4 is 17.3 Å². The molecule has 1 aliphatic heterocycles. The molecule has 0 amide bonds. The van der Waals surface area contributed by atoms with Gasteiger partial charge in [-0.3, -0.25) is 0 Å². The highest BCUT2D eigenvalue weighted by molar-refractivity contribution is 5.81. The van der Waals surface area contributed by atoms with Crippen LogP contribution in [0.25, 0.3) is 11.1 Å². The maximum absolute atomic E-state index is 10.3. The van der Waals surface area contributed by atoms with E-state index in [0.29, 0.717) is 6.04 Å². The van der Waals surface area contributed by atoms with Crippen molar-refractivity contribution < 1.29 is 33.0 Å². The first kappa shape index (κ1) is 16.6. The summed E-state index contributed by atoms with van der Waals surface area (Å²) >= 11 is 0. The lowest BCUT2D eigenvalue weighted by molar-refractivity contribution is -0.914. The van der Waals surface area contributed by atoms with E-state index in [-0.39, 0.29) is 29.4 Å². The summed E-state index contributed by atoms with van der Waals surface area (Å²) in [5, 5.41) is 20.1. The molecule has 2 aromatic rings. The van der Waals surface area contributed by atoms with Crippen molar-refractivity contribution >= 4 is 0 Å². The van der Waals surface area contributed by atoms with Crippen molar-refractivity contribution in [3.8, 4) is 22.6 Å². The average Bonchev–Trinajstić information content (AvgIpc) is 2.46. The van der Waals surface area contributed by atoms with E-state index >= 15 is 0 Å². The van der Waals surface area contributed by atoms with Crippen molar-refractivity contribution in [2.45, 2.75) is 18.9 Å². The Morgan fingerprint density at radius 3 is 2.64 bits per heavy atom. The van der Waals surface area contributed by atoms with Gasteiger partial charge in [0.15, 0.2) is 11.5 Å². The van der Waals surface area contributed by atoms with Crippen molar-refractivity contribution in [3.05, 3.63) is 47.0 Å². The molecule has 4 rings (SSSR count). The third-order valence-corrected chi connectivity index (χ3v) is 4.86. The minimum absolute atomic E-state index is 0. The van der Waals surface area contributed by atoms with Crippen LogP contribution in [0.3, 0.4) is 0 Å². The van der Waals surface area contributed by atoms with Gasteiger partial charge in [0.1, 0.15) is 6.04 Å². The zero-order valence-corrected chi connectivity index (χ0v) is 13.1. The van der Waals surface area contributed by atoms with Gasteiger partial charge in [-0.15, -0.1) is 0 Å². The summed E-state index contributed by atoms with van der Waals surface area (Å²) in [6, 6.07) is 10.3. The van der Waals surface area contributed by atoms with Crippen LogP contribution in [0.15, 0.2) is 30.3 Å². The highest BCUT2D eigenvalue weighted by atomic mass is 35.5. The third-order valence-electron chi connectivity index (χ3n) is 4.86. The lowest BCUT2D eigenvalue weighted by Gasteiger charge is -2.37. The topological polar surface area (TPSA) is 76.4 Å². The molecule has 0 bridgehead atoms. The zero-order valence-electron chi connectivity index (χ0n) is 12.4. The fourth-order valence-electron chi connectivity index (χ4n) is 3.80. The molecule has 2 atom stereocenters. The second-order valence-corrected chi connectivity index (χ2v) is 5.95. The number of rotatable bonds is 0. The van der Waals surface area contributed by atoms with Gasteiger partial charge >= 0.3 is 0 Å². The number of fused-ring (bicyclic) bond motifs is 2. The molecule has 1 aliphatic carbocycles. The van der Waals surface area contributed by atoms with Crippen LogP contribution in [0.5, 0.6) is 11.5 Å². The number of hydrogen-bond donors (Lipinski definition) is 3. The molecule has 2 aliphatic rings. The Kier molecular flexibility index (Phi) is 4.38. The summed E-state index contributed by atoms with van der Waals surface area (Å²) in [4.78, 5) is 1.53. The van der Waals surface area contributed by atoms with Gasteiger partial charge in [0, 0.05) is 24.0 Å². The number of phenols is 2. The zero-order chi connectivity index (χ0) is 13.9. The monoisotopic (exact) mass is 321 g/mol. The molecule has 1 unspecified atom stereocenters. The first-order valence-electron chi connectivity index (χ1n) is 7.15. The van der Waals surface area contributed by atoms with Gasteiger partial charge in [-0.2, -0.15) is 0 Å². The maximum atomic E-state index is 10.3. The minimum Gasteiger partial charge on any atom is -1.00 e. The Balaban J connectivity index is 0.000000882. The van der Waals surface area contributed by atoms with E-state index in [2.05, 4.69) is 25.2 Å².